The summed E-state index contributed by atoms with van der Waals surface area (Å²) in [7, 11) is 0. The van der Waals surface area contributed by atoms with E-state index in [4.69, 9.17) is 17.3 Å². The third-order valence-corrected chi connectivity index (χ3v) is 4.17. The summed E-state index contributed by atoms with van der Waals surface area (Å²) in [5.41, 5.74) is 5.41. The molecule has 27 heavy (non-hydrogen) atoms. The molecule has 0 aliphatic rings. The number of nitrogens with one attached hydrogen (secondary N) is 1. The first-order valence-corrected chi connectivity index (χ1v) is 8.80. The maximum absolute atomic E-state index is 13.1. The van der Waals surface area contributed by atoms with E-state index in [0.717, 1.165) is 17.7 Å². The maximum Gasteiger partial charge on any atom is 0.418 e. The molecule has 2 aromatic carbocycles. The number of nitrogens with two attached hydrogens (primary N) is 1. The number of hydrogen-bond donors (Lipinski definition) is 2. The van der Waals surface area contributed by atoms with Crippen molar-refractivity contribution in [3.63, 3.8) is 0 Å². The summed E-state index contributed by atoms with van der Waals surface area (Å²) < 4.78 is 39.4. The number of anilines is 1. The first kappa shape index (κ1) is 21.2. The molecule has 0 fully saturated rings. The van der Waals surface area contributed by atoms with Crippen LogP contribution >= 0.6 is 11.6 Å². The largest absolute Gasteiger partial charge is 0.418 e. The maximum atomic E-state index is 13.1. The lowest BCUT2D eigenvalue weighted by molar-refractivity contribution is -0.137. The van der Waals surface area contributed by atoms with Gasteiger partial charge in [-0.1, -0.05) is 41.9 Å². The molecule has 0 saturated heterocycles. The molecule has 0 aliphatic carbocycles. The molecule has 0 atom stereocenters. The number of rotatable bonds is 8. The van der Waals surface area contributed by atoms with Crippen LogP contribution in [0, 0.1) is 0 Å². The quantitative estimate of drug-likeness (QED) is 0.709. The van der Waals surface area contributed by atoms with Gasteiger partial charge in [0.25, 0.3) is 0 Å². The normalized spacial score (nSPS) is 11.6. The molecule has 0 aromatic heterocycles. The highest BCUT2D eigenvalue weighted by atomic mass is 35.5. The smallest absolute Gasteiger partial charge is 0.329 e. The van der Waals surface area contributed by atoms with Crippen molar-refractivity contribution in [3.8, 4) is 0 Å². The van der Waals surface area contributed by atoms with E-state index in [0.29, 0.717) is 26.1 Å². The minimum atomic E-state index is -4.61. The van der Waals surface area contributed by atoms with Crippen LogP contribution in [-0.4, -0.2) is 37.0 Å². The van der Waals surface area contributed by atoms with Gasteiger partial charge in [0.15, 0.2) is 0 Å². The van der Waals surface area contributed by atoms with Crippen molar-refractivity contribution in [2.75, 3.05) is 31.5 Å². The molecule has 0 heterocycles. The van der Waals surface area contributed by atoms with Crippen LogP contribution < -0.4 is 11.1 Å². The second-order valence-corrected chi connectivity index (χ2v) is 6.47. The molecular formula is C19H21ClF3N3O. The van der Waals surface area contributed by atoms with Gasteiger partial charge in [0.05, 0.1) is 17.8 Å². The highest BCUT2D eigenvalue weighted by molar-refractivity contribution is 6.30. The number of alkyl halides is 3. The Kier molecular flexibility index (Phi) is 7.65. The van der Waals surface area contributed by atoms with Crippen LogP contribution in [0.5, 0.6) is 0 Å². The fourth-order valence-corrected chi connectivity index (χ4v) is 2.81. The Bertz CT molecular complexity index is 754. The molecule has 1 amide bonds. The van der Waals surface area contributed by atoms with Crippen molar-refractivity contribution < 1.29 is 18.0 Å². The van der Waals surface area contributed by atoms with Gasteiger partial charge in [0.2, 0.25) is 5.91 Å². The van der Waals surface area contributed by atoms with Crippen LogP contribution in [0.4, 0.5) is 18.9 Å². The van der Waals surface area contributed by atoms with Gasteiger partial charge in [0.1, 0.15) is 0 Å². The van der Waals surface area contributed by atoms with Gasteiger partial charge in [-0.05, 0) is 30.2 Å². The Morgan fingerprint density at radius 1 is 1.11 bits per heavy atom. The molecule has 3 N–H and O–H groups in total. The second-order valence-electron chi connectivity index (χ2n) is 6.04. The molecule has 2 aromatic rings. The summed E-state index contributed by atoms with van der Waals surface area (Å²) in [6.45, 7) is 1.33. The van der Waals surface area contributed by atoms with E-state index in [9.17, 15) is 18.0 Å². The second kappa shape index (κ2) is 9.73. The van der Waals surface area contributed by atoms with Crippen molar-refractivity contribution in [2.24, 2.45) is 5.73 Å². The van der Waals surface area contributed by atoms with Gasteiger partial charge in [0, 0.05) is 24.7 Å². The molecule has 0 radical (unpaired) electrons. The summed E-state index contributed by atoms with van der Waals surface area (Å²) in [4.78, 5) is 14.1. The number of carbonyl (C=O) groups excluding carboxylic acids is 1. The average molecular weight is 400 g/mol. The zero-order valence-corrected chi connectivity index (χ0v) is 15.4. The molecule has 0 aliphatic heterocycles. The number of benzene rings is 2. The Morgan fingerprint density at radius 2 is 1.81 bits per heavy atom. The molecule has 146 valence electrons. The molecular weight excluding hydrogens is 379 g/mol. The first-order valence-electron chi connectivity index (χ1n) is 8.42. The first-order chi connectivity index (χ1) is 12.8. The summed E-state index contributed by atoms with van der Waals surface area (Å²) in [5.74, 6) is -0.538. The predicted molar refractivity (Wildman–Crippen MR) is 101 cm³/mol. The minimum absolute atomic E-state index is 0.0482. The van der Waals surface area contributed by atoms with E-state index in [1.165, 1.54) is 6.07 Å². The van der Waals surface area contributed by atoms with Gasteiger partial charge in [-0.25, -0.2) is 0 Å². The predicted octanol–water partition coefficient (Wildman–Crippen LogP) is 3.80. The summed E-state index contributed by atoms with van der Waals surface area (Å²) in [6.07, 6.45) is -3.90. The Labute approximate surface area is 161 Å². The third kappa shape index (κ3) is 6.86. The van der Waals surface area contributed by atoms with Crippen LogP contribution in [0.15, 0.2) is 48.5 Å². The molecule has 0 unspecified atom stereocenters. The van der Waals surface area contributed by atoms with Gasteiger partial charge in [-0.2, -0.15) is 13.2 Å². The van der Waals surface area contributed by atoms with Crippen LogP contribution in [-0.2, 0) is 17.4 Å². The lowest BCUT2D eigenvalue weighted by Gasteiger charge is -2.22. The number of carbonyl (C=O) groups is 1. The van der Waals surface area contributed by atoms with E-state index < -0.39 is 17.6 Å². The van der Waals surface area contributed by atoms with Crippen LogP contribution in [0.3, 0.4) is 0 Å². The molecule has 2 rings (SSSR count). The number of hydrogen-bond acceptors (Lipinski definition) is 3. The average Bonchev–Trinajstić information content (AvgIpc) is 2.61. The highest BCUT2D eigenvalue weighted by Crippen LogP contribution is 2.36. The van der Waals surface area contributed by atoms with Crippen LogP contribution in [0.2, 0.25) is 5.02 Å². The standard InChI is InChI=1S/C19H21ClF3N3O/c20-15-6-7-17(16(12-15)19(21,22)23)25-18(27)13-26(11-9-24)10-8-14-4-2-1-3-5-14/h1-7,12H,8-11,13,24H2,(H,25,27). The Balaban J connectivity index is 2.01. The monoisotopic (exact) mass is 399 g/mol. The molecule has 4 nitrogen and oxygen atoms in total. The zero-order chi connectivity index (χ0) is 19.9. The summed E-state index contributed by atoms with van der Waals surface area (Å²) in [5, 5.41) is 2.28. The fourth-order valence-electron chi connectivity index (χ4n) is 2.64. The topological polar surface area (TPSA) is 58.4 Å². The van der Waals surface area contributed by atoms with Crippen molar-refractivity contribution in [2.45, 2.75) is 12.6 Å². The molecule has 0 spiro atoms. The van der Waals surface area contributed by atoms with Crippen LogP contribution in [0.25, 0.3) is 0 Å². The van der Waals surface area contributed by atoms with Crippen molar-refractivity contribution in [1.82, 2.24) is 4.90 Å². The van der Waals surface area contributed by atoms with Gasteiger partial charge < -0.3 is 11.1 Å². The number of halogens is 4. The zero-order valence-electron chi connectivity index (χ0n) is 14.6. The molecule has 0 bridgehead atoms. The molecule has 8 heteroatoms. The third-order valence-electron chi connectivity index (χ3n) is 3.93. The van der Waals surface area contributed by atoms with E-state index in [2.05, 4.69) is 5.32 Å². The van der Waals surface area contributed by atoms with E-state index in [-0.39, 0.29) is 17.3 Å². The van der Waals surface area contributed by atoms with Gasteiger partial charge >= 0.3 is 6.18 Å². The molecule has 0 saturated carbocycles. The SMILES string of the molecule is NCCN(CCc1ccccc1)CC(=O)Nc1ccc(Cl)cc1C(F)(F)F. The summed E-state index contributed by atoms with van der Waals surface area (Å²) in [6, 6.07) is 13.0. The Hall–Kier alpha value is -2.09. The van der Waals surface area contributed by atoms with E-state index in [1.807, 2.05) is 35.2 Å². The Morgan fingerprint density at radius 3 is 2.44 bits per heavy atom. The fraction of sp³-hybridized carbons (Fsp3) is 0.316. The number of nitrogens with zero attached hydrogens (tertiary/aromatic N) is 1. The van der Waals surface area contributed by atoms with Gasteiger partial charge in [-0.15, -0.1) is 0 Å². The lowest BCUT2D eigenvalue weighted by Crippen LogP contribution is -2.38. The van der Waals surface area contributed by atoms with Crippen molar-refractivity contribution in [3.05, 3.63) is 64.7 Å². The lowest BCUT2D eigenvalue weighted by atomic mass is 10.1. The highest BCUT2D eigenvalue weighted by Gasteiger charge is 2.34. The van der Waals surface area contributed by atoms with Crippen molar-refractivity contribution in [1.29, 1.82) is 0 Å². The summed E-state index contributed by atoms with van der Waals surface area (Å²) >= 11 is 5.65. The van der Waals surface area contributed by atoms with E-state index in [1.54, 1.807) is 0 Å². The van der Waals surface area contributed by atoms with Crippen molar-refractivity contribution >= 4 is 23.2 Å². The van der Waals surface area contributed by atoms with E-state index >= 15 is 0 Å². The number of amides is 1. The van der Waals surface area contributed by atoms with Gasteiger partial charge in [-0.3, -0.25) is 9.69 Å². The van der Waals surface area contributed by atoms with Crippen LogP contribution in [0.1, 0.15) is 11.1 Å². The minimum Gasteiger partial charge on any atom is -0.329 e.